The summed E-state index contributed by atoms with van der Waals surface area (Å²) in [6.45, 7) is 0.0488. The first-order valence-electron chi connectivity index (χ1n) is 20.5. The summed E-state index contributed by atoms with van der Waals surface area (Å²) in [6, 6.07) is 79.1. The predicted molar refractivity (Wildman–Crippen MR) is 250 cm³/mol. The zero-order valence-corrected chi connectivity index (χ0v) is 34.2. The zero-order valence-electron chi connectivity index (χ0n) is 32.1. The van der Waals surface area contributed by atoms with Gasteiger partial charge in [-0.2, -0.15) is 0 Å². The van der Waals surface area contributed by atoms with Crippen LogP contribution in [0.4, 0.5) is 0 Å². The van der Waals surface area contributed by atoms with Crippen molar-refractivity contribution in [2.45, 2.75) is 0 Å². The van der Waals surface area contributed by atoms with Gasteiger partial charge in [-0.05, 0) is 0 Å². The molecule has 0 bridgehead atoms. The first-order chi connectivity index (χ1) is 29.3. The van der Waals surface area contributed by atoms with Crippen LogP contribution in [0.25, 0.3) is 55.0 Å². The Bertz CT molecular complexity index is 3400. The molecular formula is C54H35BGeN2O. The Kier molecular flexibility index (Phi) is 6.99. The van der Waals surface area contributed by atoms with Gasteiger partial charge in [-0.1, -0.05) is 0 Å². The van der Waals surface area contributed by atoms with Crippen molar-refractivity contribution in [2.75, 3.05) is 0 Å². The van der Waals surface area contributed by atoms with Gasteiger partial charge < -0.3 is 0 Å². The maximum absolute atomic E-state index is 7.20. The van der Waals surface area contributed by atoms with E-state index in [1.165, 1.54) is 77.6 Å². The molecule has 11 aromatic rings. The molecule has 2 aliphatic heterocycles. The van der Waals surface area contributed by atoms with E-state index in [4.69, 9.17) is 4.74 Å². The molecule has 0 N–H and O–H groups in total. The van der Waals surface area contributed by atoms with Crippen LogP contribution in [0.3, 0.4) is 0 Å². The molecule has 4 heterocycles. The van der Waals surface area contributed by atoms with Crippen LogP contribution in [-0.4, -0.2) is 29.1 Å². The van der Waals surface area contributed by atoms with Gasteiger partial charge in [0, 0.05) is 0 Å². The Hall–Kier alpha value is -7.01. The van der Waals surface area contributed by atoms with Crippen LogP contribution in [0.2, 0.25) is 0 Å². The summed E-state index contributed by atoms with van der Waals surface area (Å²) in [5.41, 5.74) is 10.9. The summed E-state index contributed by atoms with van der Waals surface area (Å²) in [5.74, 6) is 1.87. The Morgan fingerprint density at radius 3 is 1.59 bits per heavy atom. The summed E-state index contributed by atoms with van der Waals surface area (Å²) in [6.07, 6.45) is 0. The number of para-hydroxylation sites is 5. The molecule has 0 aliphatic carbocycles. The fourth-order valence-electron chi connectivity index (χ4n) is 10.9. The van der Waals surface area contributed by atoms with E-state index in [1.54, 1.807) is 0 Å². The van der Waals surface area contributed by atoms with Gasteiger partial charge in [0.25, 0.3) is 0 Å². The summed E-state index contributed by atoms with van der Waals surface area (Å²) < 4.78 is 17.9. The Morgan fingerprint density at radius 2 is 0.915 bits per heavy atom. The van der Waals surface area contributed by atoms with Crippen molar-refractivity contribution in [3.63, 3.8) is 0 Å². The minimum atomic E-state index is -3.79. The molecule has 5 heteroatoms. The summed E-state index contributed by atoms with van der Waals surface area (Å²) in [5, 5.41) is 4.95. The molecule has 0 saturated heterocycles. The second-order valence-electron chi connectivity index (χ2n) is 15.9. The molecule has 0 radical (unpaired) electrons. The average molecular weight is 811 g/mol. The van der Waals surface area contributed by atoms with Gasteiger partial charge in [0.15, 0.2) is 0 Å². The Morgan fingerprint density at radius 1 is 0.390 bits per heavy atom. The first kappa shape index (κ1) is 33.0. The van der Waals surface area contributed by atoms with Crippen molar-refractivity contribution in [1.82, 2.24) is 9.13 Å². The SMILES string of the molecule is c1cc[c]([Ge]2([c]3ccccc3)[c]3ccccc3B3c4ccccc4Oc4cc(-n5c6ccccc6c6cccc(-n7c8ccccc8c8ccccc87)c65)c[c]2c43)cc1. The van der Waals surface area contributed by atoms with E-state index < -0.39 is 13.3 Å². The van der Waals surface area contributed by atoms with Crippen molar-refractivity contribution in [3.05, 3.63) is 212 Å². The van der Waals surface area contributed by atoms with Crippen molar-refractivity contribution in [2.24, 2.45) is 0 Å². The van der Waals surface area contributed by atoms with E-state index in [-0.39, 0.29) is 6.71 Å². The number of fused-ring (bicyclic) bond motifs is 10. The third-order valence-electron chi connectivity index (χ3n) is 13.1. The molecule has 0 amide bonds. The van der Waals surface area contributed by atoms with Crippen LogP contribution in [0, 0.1) is 0 Å². The molecule has 59 heavy (non-hydrogen) atoms. The van der Waals surface area contributed by atoms with E-state index >= 15 is 0 Å². The van der Waals surface area contributed by atoms with E-state index in [9.17, 15) is 0 Å². The Labute approximate surface area is 344 Å². The quantitative estimate of drug-likeness (QED) is 0.164. The van der Waals surface area contributed by atoms with Gasteiger partial charge in [-0.25, -0.2) is 0 Å². The number of hydrogen-bond donors (Lipinski definition) is 0. The number of ether oxygens (including phenoxy) is 1. The number of nitrogens with zero attached hydrogens (tertiary/aromatic N) is 2. The molecule has 9 aromatic carbocycles. The number of benzene rings is 9. The third kappa shape index (κ3) is 4.44. The number of rotatable bonds is 4. The van der Waals surface area contributed by atoms with Crippen LogP contribution in [0.1, 0.15) is 0 Å². The summed E-state index contributed by atoms with van der Waals surface area (Å²) in [4.78, 5) is 0. The molecular weight excluding hydrogens is 776 g/mol. The average Bonchev–Trinajstić information content (AvgIpc) is 3.83. The minimum absolute atomic E-state index is 0.0488. The molecule has 0 unspecified atom stereocenters. The monoisotopic (exact) mass is 812 g/mol. The van der Waals surface area contributed by atoms with Crippen molar-refractivity contribution in [1.29, 1.82) is 0 Å². The zero-order chi connectivity index (χ0) is 38.7. The molecule has 2 aliphatic rings. The second-order valence-corrected chi connectivity index (χ2v) is 23.8. The summed E-state index contributed by atoms with van der Waals surface area (Å²) in [7, 11) is 0. The molecule has 0 spiro atoms. The molecule has 3 nitrogen and oxygen atoms in total. The van der Waals surface area contributed by atoms with Crippen LogP contribution in [0.15, 0.2) is 212 Å². The normalized spacial score (nSPS) is 13.7. The number of aromatic nitrogens is 2. The topological polar surface area (TPSA) is 19.1 Å². The van der Waals surface area contributed by atoms with Gasteiger partial charge in [0.2, 0.25) is 0 Å². The van der Waals surface area contributed by atoms with Crippen molar-refractivity contribution in [3.8, 4) is 22.9 Å². The van der Waals surface area contributed by atoms with Crippen LogP contribution in [-0.2, 0) is 0 Å². The summed E-state index contributed by atoms with van der Waals surface area (Å²) >= 11 is -3.79. The van der Waals surface area contributed by atoms with Crippen LogP contribution in [0.5, 0.6) is 11.5 Å². The fourth-order valence-corrected chi connectivity index (χ4v) is 22.0. The third-order valence-corrected chi connectivity index (χ3v) is 23.4. The fraction of sp³-hybridized carbons (Fsp3) is 0. The molecule has 0 saturated carbocycles. The molecule has 274 valence electrons. The van der Waals surface area contributed by atoms with Crippen molar-refractivity contribution >= 4 is 97.6 Å². The van der Waals surface area contributed by atoms with Gasteiger partial charge in [0.1, 0.15) is 0 Å². The molecule has 13 rings (SSSR count). The van der Waals surface area contributed by atoms with Crippen molar-refractivity contribution < 1.29 is 4.74 Å². The molecule has 0 atom stereocenters. The van der Waals surface area contributed by atoms with E-state index in [1.807, 2.05) is 0 Å². The van der Waals surface area contributed by atoms with Gasteiger partial charge in [0.05, 0.1) is 0 Å². The molecule has 2 aromatic heterocycles. The van der Waals surface area contributed by atoms with E-state index in [0.717, 1.165) is 22.9 Å². The van der Waals surface area contributed by atoms with Crippen LogP contribution >= 0.6 is 0 Å². The van der Waals surface area contributed by atoms with Gasteiger partial charge >= 0.3 is 347 Å². The first-order valence-corrected chi connectivity index (χ1v) is 24.7. The Balaban J connectivity index is 1.21. The molecule has 0 fully saturated rings. The standard InChI is InChI=1S/C54H35BGeN2O/c1-3-18-36(19-4-1)56(37-20-5-2-6-21-37)45-28-12-10-26-43(45)55-44-27-11-16-33-51(44)59-52-35-38(34-46(56)53(52)55)57-47-29-13-9-24-41(47)42-25-17-32-50(54(42)57)58-48-30-14-7-22-39(48)40-23-8-15-31-49(40)58/h1-35H. The van der Waals surface area contributed by atoms with Crippen LogP contribution < -0.4 is 38.7 Å². The predicted octanol–water partition coefficient (Wildman–Crippen LogP) is 8.19. The van der Waals surface area contributed by atoms with E-state index in [0.29, 0.717) is 0 Å². The number of hydrogen-bond acceptors (Lipinski definition) is 1. The van der Waals surface area contributed by atoms with Gasteiger partial charge in [-0.15, -0.1) is 0 Å². The van der Waals surface area contributed by atoms with E-state index in [2.05, 4.69) is 221 Å². The second kappa shape index (κ2) is 12.5. The van der Waals surface area contributed by atoms with Gasteiger partial charge in [-0.3, -0.25) is 0 Å². The maximum atomic E-state index is 7.20.